The summed E-state index contributed by atoms with van der Waals surface area (Å²) in [6.45, 7) is 4.76. The largest absolute Gasteiger partial charge is 0.463 e. The second kappa shape index (κ2) is 5.97. The van der Waals surface area contributed by atoms with Crippen LogP contribution in [0, 0.1) is 0 Å². The molecule has 0 spiro atoms. The average Bonchev–Trinajstić information content (AvgIpc) is 3.27. The molecule has 0 aromatic carbocycles. The number of fused-ring (bicyclic) bond motifs is 2. The molecule has 1 aromatic heterocycles. The zero-order chi connectivity index (χ0) is 16.8. The number of hydrogen-bond donors (Lipinski definition) is 1. The van der Waals surface area contributed by atoms with Crippen molar-refractivity contribution in [3.05, 3.63) is 44.9 Å². The van der Waals surface area contributed by atoms with Crippen LogP contribution in [-0.4, -0.2) is 41.1 Å². The molecule has 24 heavy (non-hydrogen) atoms. The third kappa shape index (κ3) is 2.22. The van der Waals surface area contributed by atoms with Gasteiger partial charge in [0.15, 0.2) is 0 Å². The summed E-state index contributed by atoms with van der Waals surface area (Å²) in [7, 11) is 0. The molecular formula is C17H18N2O3S2. The maximum absolute atomic E-state index is 13.0. The van der Waals surface area contributed by atoms with Crippen molar-refractivity contribution in [2.45, 2.75) is 25.1 Å². The number of nitrogens with one attached hydrogen (secondary N) is 1. The van der Waals surface area contributed by atoms with Gasteiger partial charge < -0.3 is 15.0 Å². The summed E-state index contributed by atoms with van der Waals surface area (Å²) in [6, 6.07) is 3.94. The van der Waals surface area contributed by atoms with Crippen molar-refractivity contribution < 1.29 is 14.3 Å². The van der Waals surface area contributed by atoms with Gasteiger partial charge in [0.2, 0.25) is 0 Å². The smallest absolute Gasteiger partial charge is 0.336 e. The van der Waals surface area contributed by atoms with E-state index in [2.05, 4.69) is 5.32 Å². The van der Waals surface area contributed by atoms with E-state index < -0.39 is 0 Å². The lowest BCUT2D eigenvalue weighted by Crippen LogP contribution is -2.31. The fraction of sp³-hybridized carbons (Fsp3) is 0.412. The van der Waals surface area contributed by atoms with Crippen molar-refractivity contribution in [1.82, 2.24) is 10.2 Å². The van der Waals surface area contributed by atoms with Crippen LogP contribution in [0.2, 0.25) is 0 Å². The molecule has 0 radical (unpaired) electrons. The van der Waals surface area contributed by atoms with E-state index in [-0.39, 0.29) is 23.2 Å². The number of amides is 1. The molecule has 4 rings (SSSR count). The standard InChI is InChI=1S/C17H18N2O3S2/c1-3-22-17(21)11-9(2)18-14-13(12(11)10-5-4-7-23-10)15(20)19-6-8-24-16(14)19/h4-5,7,12,16,18H,3,6,8H2,1-2H3/t12-,16-/m0/s1. The molecule has 1 amide bonds. The van der Waals surface area contributed by atoms with E-state index >= 15 is 0 Å². The molecule has 2 atom stereocenters. The van der Waals surface area contributed by atoms with Crippen LogP contribution in [0.3, 0.4) is 0 Å². The quantitative estimate of drug-likeness (QED) is 0.837. The molecule has 1 saturated heterocycles. The topological polar surface area (TPSA) is 58.6 Å². The monoisotopic (exact) mass is 362 g/mol. The Bertz CT molecular complexity index is 767. The molecule has 0 aliphatic carbocycles. The van der Waals surface area contributed by atoms with Crippen molar-refractivity contribution in [3.8, 4) is 0 Å². The molecule has 5 nitrogen and oxygen atoms in total. The number of esters is 1. The summed E-state index contributed by atoms with van der Waals surface area (Å²) in [5.74, 6) is 0.311. The van der Waals surface area contributed by atoms with Crippen LogP contribution < -0.4 is 5.32 Å². The molecular weight excluding hydrogens is 344 g/mol. The maximum Gasteiger partial charge on any atom is 0.336 e. The fourth-order valence-corrected chi connectivity index (χ4v) is 5.68. The van der Waals surface area contributed by atoms with Crippen LogP contribution >= 0.6 is 23.1 Å². The number of nitrogens with zero attached hydrogens (tertiary/aromatic N) is 1. The Balaban J connectivity index is 1.84. The number of thiophene rings is 1. The summed E-state index contributed by atoms with van der Waals surface area (Å²) in [5, 5.41) is 5.37. The highest BCUT2D eigenvalue weighted by atomic mass is 32.2. The number of thioether (sulfide) groups is 1. The number of rotatable bonds is 3. The Labute approximate surface area is 148 Å². The minimum Gasteiger partial charge on any atom is -0.463 e. The van der Waals surface area contributed by atoms with Gasteiger partial charge in [0.1, 0.15) is 5.37 Å². The molecule has 1 aromatic rings. The van der Waals surface area contributed by atoms with Crippen LogP contribution in [0.1, 0.15) is 24.6 Å². The predicted octanol–water partition coefficient (Wildman–Crippen LogP) is 2.44. The third-order valence-corrected chi connectivity index (χ3v) is 6.71. The van der Waals surface area contributed by atoms with Crippen molar-refractivity contribution in [3.63, 3.8) is 0 Å². The van der Waals surface area contributed by atoms with Crippen LogP contribution in [-0.2, 0) is 14.3 Å². The average molecular weight is 362 g/mol. The Morgan fingerprint density at radius 3 is 3.04 bits per heavy atom. The second-order valence-corrected chi connectivity index (χ2v) is 8.05. The van der Waals surface area contributed by atoms with Crippen LogP contribution in [0.25, 0.3) is 0 Å². The lowest BCUT2D eigenvalue weighted by atomic mass is 9.84. The van der Waals surface area contributed by atoms with Gasteiger partial charge in [0.05, 0.1) is 29.4 Å². The van der Waals surface area contributed by atoms with Gasteiger partial charge in [0.25, 0.3) is 5.91 Å². The number of carbonyl (C=O) groups is 2. The van der Waals surface area contributed by atoms with E-state index in [9.17, 15) is 9.59 Å². The Hall–Kier alpha value is -1.73. The highest BCUT2D eigenvalue weighted by molar-refractivity contribution is 8.00. The molecule has 4 heterocycles. The van der Waals surface area contributed by atoms with Crippen molar-refractivity contribution in [1.29, 1.82) is 0 Å². The Morgan fingerprint density at radius 2 is 2.33 bits per heavy atom. The minimum atomic E-state index is -0.347. The van der Waals surface area contributed by atoms with E-state index in [0.29, 0.717) is 17.8 Å². The first-order chi connectivity index (χ1) is 11.6. The van der Waals surface area contributed by atoms with Gasteiger partial charge in [-0.25, -0.2) is 4.79 Å². The van der Waals surface area contributed by atoms with Gasteiger partial charge in [-0.05, 0) is 25.3 Å². The highest BCUT2D eigenvalue weighted by Crippen LogP contribution is 2.48. The molecule has 0 unspecified atom stereocenters. The van der Waals surface area contributed by atoms with Gasteiger partial charge in [-0.15, -0.1) is 23.1 Å². The van der Waals surface area contributed by atoms with Gasteiger partial charge in [0, 0.05) is 22.9 Å². The normalized spacial score (nSPS) is 25.8. The summed E-state index contributed by atoms with van der Waals surface area (Å²) in [4.78, 5) is 28.5. The molecule has 126 valence electrons. The third-order valence-electron chi connectivity index (χ3n) is 4.55. The summed E-state index contributed by atoms with van der Waals surface area (Å²) >= 11 is 3.34. The van der Waals surface area contributed by atoms with E-state index in [1.165, 1.54) is 0 Å². The van der Waals surface area contributed by atoms with Crippen molar-refractivity contribution in [2.75, 3.05) is 18.9 Å². The molecule has 3 aliphatic heterocycles. The summed E-state index contributed by atoms with van der Waals surface area (Å²) in [6.07, 6.45) is 0. The number of hydrogen-bond acceptors (Lipinski definition) is 6. The first-order valence-corrected chi connectivity index (χ1v) is 9.91. The van der Waals surface area contributed by atoms with E-state index in [1.807, 2.05) is 29.3 Å². The zero-order valence-electron chi connectivity index (χ0n) is 13.5. The SMILES string of the molecule is CCOC(=O)C1=C(C)NC2=C(C(=O)N3CCS[C@@H]23)[C@H]1c1cccs1. The lowest BCUT2D eigenvalue weighted by molar-refractivity contribution is -0.138. The molecule has 0 saturated carbocycles. The van der Waals surface area contributed by atoms with Crippen molar-refractivity contribution in [2.24, 2.45) is 0 Å². The summed E-state index contributed by atoms with van der Waals surface area (Å²) in [5.41, 5.74) is 3.00. The molecule has 7 heteroatoms. The van der Waals surface area contributed by atoms with E-state index in [1.54, 1.807) is 30.0 Å². The van der Waals surface area contributed by atoms with E-state index in [0.717, 1.165) is 28.6 Å². The van der Waals surface area contributed by atoms with Gasteiger partial charge in [-0.1, -0.05) is 6.07 Å². The van der Waals surface area contributed by atoms with Gasteiger partial charge in [-0.3, -0.25) is 4.79 Å². The number of carbonyl (C=O) groups excluding carboxylic acids is 2. The number of dihydropyridines is 1. The minimum absolute atomic E-state index is 0.0419. The lowest BCUT2D eigenvalue weighted by Gasteiger charge is -2.28. The van der Waals surface area contributed by atoms with Gasteiger partial charge >= 0.3 is 5.97 Å². The van der Waals surface area contributed by atoms with E-state index in [4.69, 9.17) is 4.74 Å². The van der Waals surface area contributed by atoms with Crippen LogP contribution in [0.4, 0.5) is 0 Å². The van der Waals surface area contributed by atoms with Crippen molar-refractivity contribution >= 4 is 35.0 Å². The first kappa shape index (κ1) is 15.8. The van der Waals surface area contributed by atoms with Crippen LogP contribution in [0.5, 0.6) is 0 Å². The Morgan fingerprint density at radius 1 is 1.50 bits per heavy atom. The Kier molecular flexibility index (Phi) is 3.92. The second-order valence-electron chi connectivity index (χ2n) is 5.88. The number of ether oxygens (including phenoxy) is 1. The fourth-order valence-electron chi connectivity index (χ4n) is 3.58. The molecule has 1 fully saturated rings. The molecule has 1 N–H and O–H groups in total. The van der Waals surface area contributed by atoms with Crippen LogP contribution in [0.15, 0.2) is 40.1 Å². The molecule has 3 aliphatic rings. The zero-order valence-corrected chi connectivity index (χ0v) is 15.1. The maximum atomic E-state index is 13.0. The van der Waals surface area contributed by atoms with Gasteiger partial charge in [-0.2, -0.15) is 0 Å². The summed E-state index contributed by atoms with van der Waals surface area (Å²) < 4.78 is 5.27. The number of allylic oxidation sites excluding steroid dienone is 1. The predicted molar refractivity (Wildman–Crippen MR) is 94.5 cm³/mol. The first-order valence-electron chi connectivity index (χ1n) is 7.98. The highest BCUT2D eigenvalue weighted by Gasteiger charge is 2.49. The molecule has 0 bridgehead atoms.